The molecule has 9 heteroatoms. The third-order valence-corrected chi connectivity index (χ3v) is 7.11. The van der Waals surface area contributed by atoms with E-state index in [4.69, 9.17) is 0 Å². The van der Waals surface area contributed by atoms with Crippen molar-refractivity contribution in [1.29, 1.82) is 0 Å². The number of carbonyl (C=O) groups is 3. The van der Waals surface area contributed by atoms with Gasteiger partial charge in [-0.25, -0.2) is 9.98 Å². The number of amides is 2. The molecule has 1 aliphatic carbocycles. The third-order valence-electron chi connectivity index (χ3n) is 6.06. The normalized spacial score (nSPS) is 22.4. The predicted octanol–water partition coefficient (Wildman–Crippen LogP) is 3.82. The van der Waals surface area contributed by atoms with Crippen LogP contribution in [0.4, 0.5) is 11.5 Å². The van der Waals surface area contributed by atoms with Crippen LogP contribution in [-0.2, 0) is 14.4 Å². The number of aromatic nitrogens is 1. The Balaban J connectivity index is 1.62. The van der Waals surface area contributed by atoms with Gasteiger partial charge in [0.25, 0.3) is 11.8 Å². The van der Waals surface area contributed by atoms with Gasteiger partial charge in [0.05, 0.1) is 16.2 Å². The number of aliphatic carboxylic acids is 1. The van der Waals surface area contributed by atoms with Crippen LogP contribution in [-0.4, -0.2) is 50.5 Å². The zero-order valence-electron chi connectivity index (χ0n) is 17.8. The van der Waals surface area contributed by atoms with E-state index in [1.807, 2.05) is 6.07 Å². The van der Waals surface area contributed by atoms with E-state index in [2.05, 4.69) is 9.98 Å². The Bertz CT molecular complexity index is 1190. The number of amidine groups is 1. The molecule has 168 valence electrons. The van der Waals surface area contributed by atoms with Crippen molar-refractivity contribution in [1.82, 2.24) is 9.88 Å². The number of rotatable bonds is 4. The number of fused-ring (bicyclic) bond motifs is 1. The van der Waals surface area contributed by atoms with E-state index in [1.165, 1.54) is 16.7 Å². The Morgan fingerprint density at radius 2 is 1.82 bits per heavy atom. The lowest BCUT2D eigenvalue weighted by Crippen LogP contribution is -2.40. The molecule has 2 aliphatic heterocycles. The summed E-state index contributed by atoms with van der Waals surface area (Å²) in [6.07, 6.45) is 6.62. The summed E-state index contributed by atoms with van der Waals surface area (Å²) in [4.78, 5) is 50.6. The molecular formula is C24H22N4O4S. The van der Waals surface area contributed by atoms with Crippen molar-refractivity contribution in [3.05, 3.63) is 59.1 Å². The van der Waals surface area contributed by atoms with Crippen LogP contribution in [0.25, 0.3) is 5.57 Å². The zero-order chi connectivity index (χ0) is 22.9. The molecule has 0 unspecified atom stereocenters. The third kappa shape index (κ3) is 3.93. The highest BCUT2D eigenvalue weighted by molar-refractivity contribution is 8.18. The summed E-state index contributed by atoms with van der Waals surface area (Å²) in [5.41, 5.74) is 1.32. The van der Waals surface area contributed by atoms with E-state index in [0.717, 1.165) is 32.1 Å². The van der Waals surface area contributed by atoms with Gasteiger partial charge in [-0.3, -0.25) is 24.2 Å². The molecule has 0 spiro atoms. The molecule has 0 bridgehead atoms. The molecule has 3 heterocycles. The lowest BCUT2D eigenvalue weighted by atomic mass is 9.94. The maximum absolute atomic E-state index is 13.7. The topological polar surface area (TPSA) is 103 Å². The number of carbonyl (C=O) groups excluding carboxylic acids is 2. The second-order valence-electron chi connectivity index (χ2n) is 8.16. The largest absolute Gasteiger partial charge is 0.480 e. The maximum atomic E-state index is 13.7. The average Bonchev–Trinajstić information content (AvgIpc) is 3.28. The van der Waals surface area contributed by atoms with Gasteiger partial charge in [-0.1, -0.05) is 43.5 Å². The minimum atomic E-state index is -1.11. The highest BCUT2D eigenvalue weighted by Gasteiger charge is 2.45. The van der Waals surface area contributed by atoms with Gasteiger partial charge in [-0.15, -0.1) is 0 Å². The summed E-state index contributed by atoms with van der Waals surface area (Å²) in [6.45, 7) is -0.466. The summed E-state index contributed by atoms with van der Waals surface area (Å²) in [5.74, 6) is -1.35. The van der Waals surface area contributed by atoms with Crippen molar-refractivity contribution in [2.24, 2.45) is 4.99 Å². The monoisotopic (exact) mass is 462 g/mol. The minimum absolute atomic E-state index is 0.0150. The Morgan fingerprint density at radius 1 is 1.06 bits per heavy atom. The molecule has 2 fully saturated rings. The fourth-order valence-electron chi connectivity index (χ4n) is 4.59. The van der Waals surface area contributed by atoms with Crippen LogP contribution >= 0.6 is 11.8 Å². The number of thioether (sulfide) groups is 1. The summed E-state index contributed by atoms with van der Waals surface area (Å²) in [6, 6.07) is 12.4. The van der Waals surface area contributed by atoms with Crippen molar-refractivity contribution in [3.63, 3.8) is 0 Å². The molecule has 2 amide bonds. The second kappa shape index (κ2) is 8.82. The van der Waals surface area contributed by atoms with Crippen molar-refractivity contribution in [3.8, 4) is 0 Å². The Morgan fingerprint density at radius 3 is 2.55 bits per heavy atom. The summed E-state index contributed by atoms with van der Waals surface area (Å²) >= 11 is 1.17. The minimum Gasteiger partial charge on any atom is -0.480 e. The number of carboxylic acids is 1. The molecule has 0 radical (unpaired) electrons. The predicted molar refractivity (Wildman–Crippen MR) is 126 cm³/mol. The Hall–Kier alpha value is -3.46. The first-order valence-corrected chi connectivity index (χ1v) is 11.7. The molecule has 1 aromatic carbocycles. The number of nitrogens with zero attached hydrogens (tertiary/aromatic N) is 4. The molecule has 33 heavy (non-hydrogen) atoms. The van der Waals surface area contributed by atoms with Gasteiger partial charge in [-0.05, 0) is 42.8 Å². The van der Waals surface area contributed by atoms with E-state index in [9.17, 15) is 19.5 Å². The number of aliphatic imine (C=N–C) groups is 1. The smallest absolute Gasteiger partial charge is 0.323 e. The van der Waals surface area contributed by atoms with Crippen molar-refractivity contribution in [2.45, 2.75) is 38.1 Å². The summed E-state index contributed by atoms with van der Waals surface area (Å²) in [5, 5.41) is 9.83. The van der Waals surface area contributed by atoms with Gasteiger partial charge in [0, 0.05) is 17.8 Å². The molecule has 1 aromatic heterocycles. The maximum Gasteiger partial charge on any atom is 0.323 e. The van der Waals surface area contributed by atoms with Crippen molar-refractivity contribution < 1.29 is 19.5 Å². The lowest BCUT2D eigenvalue weighted by Gasteiger charge is -2.30. The molecule has 5 rings (SSSR count). The highest BCUT2D eigenvalue weighted by Crippen LogP contribution is 2.46. The van der Waals surface area contributed by atoms with Gasteiger partial charge in [0.1, 0.15) is 6.54 Å². The van der Waals surface area contributed by atoms with E-state index < -0.39 is 18.4 Å². The Kier molecular flexibility index (Phi) is 5.72. The van der Waals surface area contributed by atoms with Crippen molar-refractivity contribution in [2.75, 3.05) is 11.4 Å². The number of anilines is 1. The number of benzene rings is 1. The molecule has 3 aliphatic rings. The fourth-order valence-corrected chi connectivity index (χ4v) is 5.72. The first-order valence-electron chi connectivity index (χ1n) is 10.9. The number of hydrogen-bond donors (Lipinski definition) is 1. The number of para-hydroxylation sites is 1. The van der Waals surface area contributed by atoms with Crippen LogP contribution in [0.15, 0.2) is 58.6 Å². The molecule has 0 atom stereocenters. The lowest BCUT2D eigenvalue weighted by molar-refractivity contribution is -0.136. The zero-order valence-corrected chi connectivity index (χ0v) is 18.6. The van der Waals surface area contributed by atoms with Crippen LogP contribution in [0.3, 0.4) is 0 Å². The van der Waals surface area contributed by atoms with Crippen LogP contribution in [0.5, 0.6) is 0 Å². The first kappa shape index (κ1) is 21.4. The van der Waals surface area contributed by atoms with Crippen molar-refractivity contribution >= 4 is 51.8 Å². The second-order valence-corrected chi connectivity index (χ2v) is 9.14. The highest BCUT2D eigenvalue weighted by atomic mass is 32.2. The quantitative estimate of drug-likeness (QED) is 0.693. The van der Waals surface area contributed by atoms with E-state index in [0.29, 0.717) is 27.1 Å². The Labute approximate surface area is 195 Å². The SMILES string of the molecule is O=C(O)CN1C(=O)/C(=C2\S/C(=N/c3ccccn3)N(C3CCCCC3)C2=O)c2ccccc21. The molecule has 1 saturated carbocycles. The van der Waals surface area contributed by atoms with Gasteiger partial charge in [0.2, 0.25) is 0 Å². The van der Waals surface area contributed by atoms with Gasteiger partial charge in [-0.2, -0.15) is 0 Å². The molecular weight excluding hydrogens is 440 g/mol. The molecule has 8 nitrogen and oxygen atoms in total. The van der Waals surface area contributed by atoms with E-state index >= 15 is 0 Å². The number of hydrogen-bond acceptors (Lipinski definition) is 6. The summed E-state index contributed by atoms with van der Waals surface area (Å²) in [7, 11) is 0. The van der Waals surface area contributed by atoms with E-state index in [1.54, 1.807) is 47.5 Å². The van der Waals surface area contributed by atoms with Gasteiger partial charge < -0.3 is 5.11 Å². The van der Waals surface area contributed by atoms with Gasteiger partial charge in [0.15, 0.2) is 11.0 Å². The van der Waals surface area contributed by atoms with Crippen LogP contribution < -0.4 is 4.90 Å². The number of carboxylic acid groups (broad SMARTS) is 1. The van der Waals surface area contributed by atoms with Crippen LogP contribution in [0.2, 0.25) is 0 Å². The van der Waals surface area contributed by atoms with E-state index in [-0.39, 0.29) is 17.5 Å². The fraction of sp³-hybridized carbons (Fsp3) is 0.292. The summed E-state index contributed by atoms with van der Waals surface area (Å²) < 4.78 is 0. The molecule has 1 N–H and O–H groups in total. The molecule has 1 saturated heterocycles. The van der Waals surface area contributed by atoms with Crippen LogP contribution in [0, 0.1) is 0 Å². The number of pyridine rings is 1. The van der Waals surface area contributed by atoms with Gasteiger partial charge >= 0.3 is 5.97 Å². The average molecular weight is 463 g/mol. The molecule has 2 aromatic rings. The van der Waals surface area contributed by atoms with Crippen LogP contribution in [0.1, 0.15) is 37.7 Å². The first-order chi connectivity index (χ1) is 16.0. The standard InChI is InChI=1S/C24H22N4O4S/c29-19(30)14-27-17-11-5-4-10-16(17)20(22(27)31)21-23(32)28(15-8-2-1-3-9-15)24(33-21)26-18-12-6-7-13-25-18/h4-7,10-13,15H,1-3,8-9,14H2,(H,29,30)/b21-20-,26-24+.